The van der Waals surface area contributed by atoms with Gasteiger partial charge in [0.2, 0.25) is 0 Å². The highest BCUT2D eigenvalue weighted by Gasteiger charge is 2.10. The molecule has 0 heterocycles. The van der Waals surface area contributed by atoms with Gasteiger partial charge in [-0.2, -0.15) is 5.26 Å². The van der Waals surface area contributed by atoms with Crippen LogP contribution in [0.4, 0.5) is 11.4 Å². The van der Waals surface area contributed by atoms with Crippen LogP contribution < -0.4 is 10.6 Å². The molecule has 0 atom stereocenters. The summed E-state index contributed by atoms with van der Waals surface area (Å²) in [6.07, 6.45) is 5.69. The molecule has 0 saturated carbocycles. The smallest absolute Gasteiger partial charge is 0.267 e. The van der Waals surface area contributed by atoms with Gasteiger partial charge in [-0.15, -0.1) is 0 Å². The summed E-state index contributed by atoms with van der Waals surface area (Å²) in [6, 6.07) is 15.8. The zero-order chi connectivity index (χ0) is 19.6. The first-order valence-corrected chi connectivity index (χ1v) is 9.44. The van der Waals surface area contributed by atoms with Crippen molar-refractivity contribution in [2.24, 2.45) is 0 Å². The van der Waals surface area contributed by atoms with Gasteiger partial charge >= 0.3 is 0 Å². The van der Waals surface area contributed by atoms with Crippen LogP contribution in [0.5, 0.6) is 0 Å². The summed E-state index contributed by atoms with van der Waals surface area (Å²) >= 11 is 0. The second-order valence-corrected chi connectivity index (χ2v) is 6.53. The fourth-order valence-corrected chi connectivity index (χ4v) is 2.86. The lowest BCUT2D eigenvalue weighted by molar-refractivity contribution is -0.112. The minimum absolute atomic E-state index is 0.0374. The number of rotatable bonds is 8. The SMILES string of the molecule is CCCCc1ccc(NC(=O)/C(C#N)=C\Nc2c(C)cccc2CC)cc1. The molecule has 4 nitrogen and oxygen atoms in total. The van der Waals surface area contributed by atoms with Crippen LogP contribution in [0, 0.1) is 18.3 Å². The van der Waals surface area contributed by atoms with Gasteiger partial charge < -0.3 is 10.6 Å². The Hall–Kier alpha value is -3.06. The molecule has 0 aliphatic rings. The number of nitrogens with zero attached hydrogens (tertiary/aromatic N) is 1. The van der Waals surface area contributed by atoms with E-state index in [1.54, 1.807) is 0 Å². The van der Waals surface area contributed by atoms with Crippen molar-refractivity contribution in [2.75, 3.05) is 10.6 Å². The van der Waals surface area contributed by atoms with Crippen LogP contribution in [0.3, 0.4) is 0 Å². The Morgan fingerprint density at radius 1 is 1.15 bits per heavy atom. The minimum atomic E-state index is -0.419. The average Bonchev–Trinajstić information content (AvgIpc) is 2.68. The molecule has 2 N–H and O–H groups in total. The fraction of sp³-hybridized carbons (Fsp3) is 0.304. The Labute approximate surface area is 161 Å². The molecule has 0 saturated heterocycles. The summed E-state index contributed by atoms with van der Waals surface area (Å²) in [6.45, 7) is 6.24. The van der Waals surface area contributed by atoms with Crippen LogP contribution >= 0.6 is 0 Å². The molecule has 0 aliphatic carbocycles. The van der Waals surface area contributed by atoms with E-state index >= 15 is 0 Å². The van der Waals surface area contributed by atoms with E-state index in [-0.39, 0.29) is 5.57 Å². The highest BCUT2D eigenvalue weighted by molar-refractivity contribution is 6.06. The van der Waals surface area contributed by atoms with E-state index < -0.39 is 5.91 Å². The molecular formula is C23H27N3O. The number of para-hydroxylation sites is 1. The second kappa shape index (κ2) is 10.2. The average molecular weight is 361 g/mol. The lowest BCUT2D eigenvalue weighted by Crippen LogP contribution is -2.14. The van der Waals surface area contributed by atoms with E-state index in [1.807, 2.05) is 55.5 Å². The van der Waals surface area contributed by atoms with Crippen molar-refractivity contribution in [3.8, 4) is 6.07 Å². The van der Waals surface area contributed by atoms with Crippen LogP contribution in [0.25, 0.3) is 0 Å². The van der Waals surface area contributed by atoms with Gasteiger partial charge in [-0.1, -0.05) is 50.6 Å². The highest BCUT2D eigenvalue weighted by Crippen LogP contribution is 2.21. The zero-order valence-corrected chi connectivity index (χ0v) is 16.3. The zero-order valence-electron chi connectivity index (χ0n) is 16.3. The van der Waals surface area contributed by atoms with Crippen molar-refractivity contribution in [3.63, 3.8) is 0 Å². The monoisotopic (exact) mass is 361 g/mol. The molecule has 0 aromatic heterocycles. The first-order valence-electron chi connectivity index (χ1n) is 9.44. The second-order valence-electron chi connectivity index (χ2n) is 6.53. The van der Waals surface area contributed by atoms with Crippen molar-refractivity contribution < 1.29 is 4.79 Å². The van der Waals surface area contributed by atoms with Crippen molar-refractivity contribution in [3.05, 3.63) is 70.9 Å². The Morgan fingerprint density at radius 2 is 1.89 bits per heavy atom. The maximum Gasteiger partial charge on any atom is 0.267 e. The summed E-state index contributed by atoms with van der Waals surface area (Å²) in [5.74, 6) is -0.419. The van der Waals surface area contributed by atoms with Crippen molar-refractivity contribution in [1.29, 1.82) is 5.26 Å². The van der Waals surface area contributed by atoms with Crippen LogP contribution in [0.15, 0.2) is 54.2 Å². The van der Waals surface area contributed by atoms with Crippen molar-refractivity contribution in [2.45, 2.75) is 46.5 Å². The van der Waals surface area contributed by atoms with Crippen LogP contribution in [-0.2, 0) is 17.6 Å². The fourth-order valence-electron chi connectivity index (χ4n) is 2.86. The molecule has 2 aromatic rings. The molecular weight excluding hydrogens is 334 g/mol. The largest absolute Gasteiger partial charge is 0.360 e. The predicted octanol–water partition coefficient (Wildman–Crippen LogP) is 5.36. The third kappa shape index (κ3) is 5.72. The summed E-state index contributed by atoms with van der Waals surface area (Å²) in [5.41, 5.74) is 5.14. The van der Waals surface area contributed by atoms with Gasteiger partial charge in [-0.05, 0) is 55.0 Å². The lowest BCUT2D eigenvalue weighted by atomic mass is 10.1. The third-order valence-corrected chi connectivity index (χ3v) is 4.50. The quantitative estimate of drug-likeness (QED) is 0.491. The van der Waals surface area contributed by atoms with Crippen molar-refractivity contribution in [1.82, 2.24) is 0 Å². The molecule has 0 bridgehead atoms. The normalized spacial score (nSPS) is 11.0. The van der Waals surface area contributed by atoms with Gasteiger partial charge in [0.05, 0.1) is 0 Å². The molecule has 0 spiro atoms. The van der Waals surface area contributed by atoms with E-state index in [9.17, 15) is 10.1 Å². The molecule has 2 rings (SSSR count). The van der Waals surface area contributed by atoms with Crippen LogP contribution in [0.2, 0.25) is 0 Å². The van der Waals surface area contributed by atoms with Gasteiger partial charge in [-0.3, -0.25) is 4.79 Å². The number of anilines is 2. The summed E-state index contributed by atoms with van der Waals surface area (Å²) in [5, 5.41) is 15.3. The third-order valence-electron chi connectivity index (χ3n) is 4.50. The van der Waals surface area contributed by atoms with Gasteiger partial charge in [0.15, 0.2) is 0 Å². The molecule has 140 valence electrons. The van der Waals surface area contributed by atoms with E-state index in [0.29, 0.717) is 5.69 Å². The predicted molar refractivity (Wildman–Crippen MR) is 112 cm³/mol. The number of benzene rings is 2. The number of hydrogen-bond acceptors (Lipinski definition) is 3. The van der Waals surface area contributed by atoms with Crippen LogP contribution in [0.1, 0.15) is 43.4 Å². The molecule has 0 radical (unpaired) electrons. The maximum absolute atomic E-state index is 12.4. The molecule has 0 fully saturated rings. The lowest BCUT2D eigenvalue weighted by Gasteiger charge is -2.11. The number of nitriles is 1. The topological polar surface area (TPSA) is 64.9 Å². The van der Waals surface area contributed by atoms with E-state index in [1.165, 1.54) is 11.8 Å². The summed E-state index contributed by atoms with van der Waals surface area (Å²) in [7, 11) is 0. The van der Waals surface area contributed by atoms with E-state index in [4.69, 9.17) is 0 Å². The number of nitrogens with one attached hydrogen (secondary N) is 2. The first kappa shape index (κ1) is 20.3. The molecule has 2 aromatic carbocycles. The Balaban J connectivity index is 2.08. The Kier molecular flexibility index (Phi) is 7.63. The van der Waals surface area contributed by atoms with Gasteiger partial charge in [0.25, 0.3) is 5.91 Å². The number of carbonyl (C=O) groups excluding carboxylic acids is 1. The Bertz CT molecular complexity index is 845. The molecule has 27 heavy (non-hydrogen) atoms. The van der Waals surface area contributed by atoms with Crippen molar-refractivity contribution >= 4 is 17.3 Å². The molecule has 1 amide bonds. The number of aryl methyl sites for hydroxylation is 3. The number of hydrogen-bond donors (Lipinski definition) is 2. The summed E-state index contributed by atoms with van der Waals surface area (Å²) < 4.78 is 0. The van der Waals surface area contributed by atoms with Crippen LogP contribution in [-0.4, -0.2) is 5.91 Å². The van der Waals surface area contributed by atoms with Gasteiger partial charge in [-0.25, -0.2) is 0 Å². The maximum atomic E-state index is 12.4. The molecule has 0 unspecified atom stereocenters. The highest BCUT2D eigenvalue weighted by atomic mass is 16.1. The summed E-state index contributed by atoms with van der Waals surface area (Å²) in [4.78, 5) is 12.4. The van der Waals surface area contributed by atoms with E-state index in [2.05, 4.69) is 24.5 Å². The standard InChI is InChI=1S/C23H27N3O/c1-4-6-9-18-11-13-21(14-12-18)26-23(27)20(15-24)16-25-22-17(3)8-7-10-19(22)5-2/h7-8,10-14,16,25H,4-6,9H2,1-3H3,(H,26,27)/b20-16-. The first-order chi connectivity index (χ1) is 13.1. The Morgan fingerprint density at radius 3 is 2.52 bits per heavy atom. The van der Waals surface area contributed by atoms with E-state index in [0.717, 1.165) is 42.5 Å². The number of amides is 1. The molecule has 4 heteroatoms. The number of carbonyl (C=O) groups is 1. The number of unbranched alkanes of at least 4 members (excludes halogenated alkanes) is 1. The van der Waals surface area contributed by atoms with Gasteiger partial charge in [0, 0.05) is 17.6 Å². The van der Waals surface area contributed by atoms with Gasteiger partial charge in [0.1, 0.15) is 11.6 Å². The molecule has 0 aliphatic heterocycles. The minimum Gasteiger partial charge on any atom is -0.360 e.